The molecule has 2 aliphatic heterocycles. The summed E-state index contributed by atoms with van der Waals surface area (Å²) in [6.45, 7) is 5.56. The second-order valence-corrected chi connectivity index (χ2v) is 8.58. The molecular weight excluding hydrogens is 492 g/mol. The summed E-state index contributed by atoms with van der Waals surface area (Å²) in [5, 5.41) is 15.2. The molecule has 0 atom stereocenters. The van der Waals surface area contributed by atoms with Gasteiger partial charge in [0, 0.05) is 43.9 Å². The summed E-state index contributed by atoms with van der Waals surface area (Å²) in [6.07, 6.45) is 1.64. The predicted octanol–water partition coefficient (Wildman–Crippen LogP) is 2.48. The summed E-state index contributed by atoms with van der Waals surface area (Å²) >= 11 is 0. The molecule has 0 radical (unpaired) electrons. The van der Waals surface area contributed by atoms with Gasteiger partial charge in [-0.2, -0.15) is 20.1 Å². The van der Waals surface area contributed by atoms with Crippen molar-refractivity contribution in [3.63, 3.8) is 0 Å². The number of ether oxygens (including phenoxy) is 3. The number of aromatic nitrogens is 3. The number of nitro benzene ring substituents is 1. The van der Waals surface area contributed by atoms with Gasteiger partial charge in [-0.1, -0.05) is 12.1 Å². The number of anilines is 3. The topological polar surface area (TPSA) is 140 Å². The highest BCUT2D eigenvalue weighted by atomic mass is 16.6. The Bertz CT molecular complexity index is 1220. The smallest absolute Gasteiger partial charge is 0.269 e. The second-order valence-electron chi connectivity index (χ2n) is 8.58. The number of rotatable bonds is 9. The van der Waals surface area contributed by atoms with Gasteiger partial charge in [-0.05, 0) is 29.8 Å². The molecule has 0 bridgehead atoms. The Kier molecular flexibility index (Phi) is 8.16. The summed E-state index contributed by atoms with van der Waals surface area (Å²) in [5.74, 6) is 2.11. The lowest BCUT2D eigenvalue weighted by molar-refractivity contribution is -0.384. The van der Waals surface area contributed by atoms with Crippen molar-refractivity contribution in [2.75, 3.05) is 67.8 Å². The molecule has 0 amide bonds. The number of benzene rings is 2. The molecule has 0 spiro atoms. The van der Waals surface area contributed by atoms with Gasteiger partial charge in [-0.25, -0.2) is 5.43 Å². The van der Waals surface area contributed by atoms with Gasteiger partial charge in [0.05, 0.1) is 37.6 Å². The van der Waals surface area contributed by atoms with Gasteiger partial charge in [0.1, 0.15) is 12.4 Å². The Morgan fingerprint density at radius 2 is 1.53 bits per heavy atom. The highest BCUT2D eigenvalue weighted by Crippen LogP contribution is 2.21. The van der Waals surface area contributed by atoms with E-state index < -0.39 is 4.92 Å². The van der Waals surface area contributed by atoms with Crippen molar-refractivity contribution in [2.24, 2.45) is 5.10 Å². The Morgan fingerprint density at radius 1 is 0.921 bits per heavy atom. The molecule has 0 unspecified atom stereocenters. The van der Waals surface area contributed by atoms with Crippen molar-refractivity contribution in [1.82, 2.24) is 15.0 Å². The van der Waals surface area contributed by atoms with Crippen molar-refractivity contribution in [3.05, 3.63) is 69.8 Å². The molecule has 0 aliphatic carbocycles. The summed E-state index contributed by atoms with van der Waals surface area (Å²) in [6, 6.07) is 13.7. The third-order valence-corrected chi connectivity index (χ3v) is 6.03. The third-order valence-electron chi connectivity index (χ3n) is 6.03. The monoisotopic (exact) mass is 520 g/mol. The normalized spacial score (nSPS) is 16.0. The minimum Gasteiger partial charge on any atom is -0.488 e. The van der Waals surface area contributed by atoms with Gasteiger partial charge in [0.15, 0.2) is 0 Å². The SMILES string of the molecule is O=[N+]([O-])c1ccc(COc2ccccc2/C=N\Nc2nc(N3CCOCC3)nc(N3CCOCC3)n2)cc1. The minimum atomic E-state index is -0.427. The van der Waals surface area contributed by atoms with Crippen LogP contribution in [-0.4, -0.2) is 78.7 Å². The zero-order valence-corrected chi connectivity index (χ0v) is 20.7. The Balaban J connectivity index is 1.29. The number of nitrogens with one attached hydrogen (secondary N) is 1. The van der Waals surface area contributed by atoms with Crippen LogP contribution in [0.5, 0.6) is 5.75 Å². The van der Waals surface area contributed by atoms with Crippen LogP contribution in [-0.2, 0) is 16.1 Å². The second kappa shape index (κ2) is 12.3. The number of nitrogens with zero attached hydrogens (tertiary/aromatic N) is 7. The third kappa shape index (κ3) is 6.49. The van der Waals surface area contributed by atoms with E-state index in [9.17, 15) is 10.1 Å². The lowest BCUT2D eigenvalue weighted by atomic mass is 10.2. The number of morpholine rings is 2. The van der Waals surface area contributed by atoms with E-state index in [2.05, 4.69) is 30.3 Å². The number of hydrogen-bond acceptors (Lipinski definition) is 12. The molecular formula is C25H28N8O5. The first-order chi connectivity index (χ1) is 18.7. The van der Waals surface area contributed by atoms with Crippen LogP contribution >= 0.6 is 0 Å². The molecule has 3 aromatic rings. The van der Waals surface area contributed by atoms with Crippen molar-refractivity contribution < 1.29 is 19.1 Å². The average molecular weight is 521 g/mol. The van der Waals surface area contributed by atoms with Crippen molar-refractivity contribution >= 4 is 29.7 Å². The average Bonchev–Trinajstić information content (AvgIpc) is 2.97. The van der Waals surface area contributed by atoms with Crippen LogP contribution in [0.15, 0.2) is 53.6 Å². The van der Waals surface area contributed by atoms with Crippen LogP contribution in [0.1, 0.15) is 11.1 Å². The first-order valence-electron chi connectivity index (χ1n) is 12.3. The molecule has 2 aromatic carbocycles. The first-order valence-corrected chi connectivity index (χ1v) is 12.3. The standard InChI is InChI=1S/C25H28N8O5/c34-33(35)21-7-5-19(6-8-21)18-38-22-4-2-1-3-20(22)17-26-30-23-27-24(31-9-13-36-14-10-31)29-25(28-23)32-11-15-37-16-12-32/h1-8,17H,9-16,18H2,(H,27,28,29,30)/b26-17-. The molecule has 198 valence electrons. The van der Waals surface area contributed by atoms with Gasteiger partial charge >= 0.3 is 0 Å². The van der Waals surface area contributed by atoms with E-state index in [4.69, 9.17) is 19.2 Å². The van der Waals surface area contributed by atoms with E-state index in [0.717, 1.165) is 11.1 Å². The molecule has 1 aromatic heterocycles. The number of hydrazone groups is 1. The van der Waals surface area contributed by atoms with Gasteiger partial charge in [-0.15, -0.1) is 0 Å². The summed E-state index contributed by atoms with van der Waals surface area (Å²) in [4.78, 5) is 28.5. The lowest BCUT2D eigenvalue weighted by Crippen LogP contribution is -2.40. The fourth-order valence-electron chi connectivity index (χ4n) is 3.97. The molecule has 2 saturated heterocycles. The number of nitro groups is 1. The van der Waals surface area contributed by atoms with Gasteiger partial charge in [-0.3, -0.25) is 10.1 Å². The maximum absolute atomic E-state index is 10.9. The molecule has 5 rings (SSSR count). The van der Waals surface area contributed by atoms with Crippen LogP contribution in [0.3, 0.4) is 0 Å². The molecule has 38 heavy (non-hydrogen) atoms. The van der Waals surface area contributed by atoms with Crippen molar-refractivity contribution in [1.29, 1.82) is 0 Å². The quantitative estimate of drug-likeness (QED) is 0.253. The van der Waals surface area contributed by atoms with Crippen LogP contribution in [0.4, 0.5) is 23.5 Å². The molecule has 0 saturated carbocycles. The Hall–Kier alpha value is -4.36. The fourth-order valence-corrected chi connectivity index (χ4v) is 3.97. The zero-order valence-electron chi connectivity index (χ0n) is 20.7. The summed E-state index contributed by atoms with van der Waals surface area (Å²) in [5.41, 5.74) is 4.55. The van der Waals surface area contributed by atoms with Crippen LogP contribution in [0, 0.1) is 10.1 Å². The molecule has 3 heterocycles. The molecule has 2 fully saturated rings. The van der Waals surface area contributed by atoms with Crippen LogP contribution < -0.4 is 20.0 Å². The van der Waals surface area contributed by atoms with Crippen LogP contribution in [0.2, 0.25) is 0 Å². The van der Waals surface area contributed by atoms with E-state index in [1.54, 1.807) is 18.3 Å². The number of non-ortho nitro benzene ring substituents is 1. The van der Waals surface area contributed by atoms with E-state index in [1.807, 2.05) is 24.3 Å². The highest BCUT2D eigenvalue weighted by molar-refractivity contribution is 5.83. The van der Waals surface area contributed by atoms with Gasteiger partial charge in [0.2, 0.25) is 17.8 Å². The Labute approximate surface area is 219 Å². The minimum absolute atomic E-state index is 0.0410. The first kappa shape index (κ1) is 25.3. The highest BCUT2D eigenvalue weighted by Gasteiger charge is 2.20. The van der Waals surface area contributed by atoms with Crippen LogP contribution in [0.25, 0.3) is 0 Å². The molecule has 13 nitrogen and oxygen atoms in total. The number of hydrogen-bond donors (Lipinski definition) is 1. The summed E-state index contributed by atoms with van der Waals surface area (Å²) in [7, 11) is 0. The molecule has 1 N–H and O–H groups in total. The molecule has 2 aliphatic rings. The molecule has 13 heteroatoms. The zero-order chi connectivity index (χ0) is 26.2. The predicted molar refractivity (Wildman–Crippen MR) is 141 cm³/mol. The fraction of sp³-hybridized carbons (Fsp3) is 0.360. The van der Waals surface area contributed by atoms with E-state index in [-0.39, 0.29) is 12.3 Å². The van der Waals surface area contributed by atoms with Gasteiger partial charge < -0.3 is 24.0 Å². The summed E-state index contributed by atoms with van der Waals surface area (Å²) < 4.78 is 16.9. The largest absolute Gasteiger partial charge is 0.488 e. The van der Waals surface area contributed by atoms with Crippen molar-refractivity contribution in [2.45, 2.75) is 6.61 Å². The van der Waals surface area contributed by atoms with E-state index in [1.165, 1.54) is 12.1 Å². The maximum atomic E-state index is 10.9. The maximum Gasteiger partial charge on any atom is 0.269 e. The van der Waals surface area contributed by atoms with E-state index in [0.29, 0.717) is 76.2 Å². The lowest BCUT2D eigenvalue weighted by Gasteiger charge is -2.30. The van der Waals surface area contributed by atoms with Crippen molar-refractivity contribution in [3.8, 4) is 5.75 Å². The Morgan fingerprint density at radius 3 is 2.13 bits per heavy atom. The van der Waals surface area contributed by atoms with Gasteiger partial charge in [0.25, 0.3) is 5.69 Å². The van der Waals surface area contributed by atoms with E-state index >= 15 is 0 Å². The number of para-hydroxylation sites is 1.